The van der Waals surface area contributed by atoms with E-state index in [1.807, 2.05) is 0 Å². The maximum atomic E-state index is 12.2. The number of Topliss-reactive ketones (excluding diaryl/α,β-unsaturated/α-hetero) is 1. The Morgan fingerprint density at radius 3 is 2.55 bits per heavy atom. The van der Waals surface area contributed by atoms with Crippen LogP contribution in [0.2, 0.25) is 0 Å². The summed E-state index contributed by atoms with van der Waals surface area (Å²) in [7, 11) is 0. The number of fused-ring (bicyclic) bond motifs is 1. The van der Waals surface area contributed by atoms with E-state index in [1.54, 1.807) is 0 Å². The highest BCUT2D eigenvalue weighted by molar-refractivity contribution is 5.80. The quantitative estimate of drug-likeness (QED) is 0.578. The van der Waals surface area contributed by atoms with E-state index in [0.717, 1.165) is 38.7 Å². The first-order valence-corrected chi connectivity index (χ1v) is 8.63. The van der Waals surface area contributed by atoms with Crippen LogP contribution in [0.15, 0.2) is 34.4 Å². The maximum Gasteiger partial charge on any atom is 0.136 e. The van der Waals surface area contributed by atoms with Crippen LogP contribution in [-0.4, -0.2) is 18.5 Å². The Morgan fingerprint density at radius 2 is 1.77 bits per heavy atom. The van der Waals surface area contributed by atoms with Crippen LogP contribution in [0.25, 0.3) is 0 Å². The van der Waals surface area contributed by atoms with Gasteiger partial charge < -0.3 is 4.74 Å². The van der Waals surface area contributed by atoms with Crippen molar-refractivity contribution in [1.29, 1.82) is 0 Å². The number of hydrogen-bond acceptors (Lipinski definition) is 2. The van der Waals surface area contributed by atoms with Crippen LogP contribution in [-0.2, 0) is 9.53 Å². The third kappa shape index (κ3) is 4.67. The number of allylic oxidation sites excluding steroid dienone is 3. The highest BCUT2D eigenvalue weighted by atomic mass is 16.5. The first-order chi connectivity index (χ1) is 10.5. The standard InChI is InChI=1S/C20H30O2/c1-14-6-5-7-16(3)19(21)11-9-15(2)12-20-18(10-8-14)17(4)13-22-20/h6,12,16,20H,5,7-11,13H2,1-4H3/b14-6+,15-12+/t16-,20+/m1/s1. The molecule has 0 aromatic carbocycles. The predicted molar refractivity (Wildman–Crippen MR) is 91.8 cm³/mol. The first-order valence-electron chi connectivity index (χ1n) is 8.63. The maximum absolute atomic E-state index is 12.2. The van der Waals surface area contributed by atoms with Crippen LogP contribution >= 0.6 is 0 Å². The van der Waals surface area contributed by atoms with Crippen molar-refractivity contribution in [1.82, 2.24) is 0 Å². The van der Waals surface area contributed by atoms with Crippen molar-refractivity contribution in [2.24, 2.45) is 5.92 Å². The second-order valence-corrected chi connectivity index (χ2v) is 7.05. The molecule has 0 N–H and O–H groups in total. The van der Waals surface area contributed by atoms with Crippen LogP contribution in [0.4, 0.5) is 0 Å². The molecule has 122 valence electrons. The molecule has 1 heterocycles. The summed E-state index contributed by atoms with van der Waals surface area (Å²) in [5.74, 6) is 0.579. The van der Waals surface area contributed by atoms with Gasteiger partial charge in [0, 0.05) is 12.3 Å². The molecule has 0 radical (unpaired) electrons. The van der Waals surface area contributed by atoms with Gasteiger partial charge in [-0.05, 0) is 64.0 Å². The molecule has 0 saturated carbocycles. The normalized spacial score (nSPS) is 33.5. The lowest BCUT2D eigenvalue weighted by Gasteiger charge is -2.15. The summed E-state index contributed by atoms with van der Waals surface area (Å²) in [5, 5.41) is 0. The zero-order chi connectivity index (χ0) is 16.1. The molecular formula is C20H30O2. The van der Waals surface area contributed by atoms with Gasteiger partial charge in [-0.3, -0.25) is 4.79 Å². The molecule has 0 unspecified atom stereocenters. The van der Waals surface area contributed by atoms with Gasteiger partial charge in [-0.2, -0.15) is 0 Å². The Labute approximate surface area is 135 Å². The smallest absolute Gasteiger partial charge is 0.136 e. The number of rotatable bonds is 0. The monoisotopic (exact) mass is 302 g/mol. The van der Waals surface area contributed by atoms with Crippen molar-refractivity contribution in [2.75, 3.05) is 6.61 Å². The third-order valence-corrected chi connectivity index (χ3v) is 5.00. The Balaban J connectivity index is 2.17. The molecule has 2 aliphatic rings. The zero-order valence-electron chi connectivity index (χ0n) is 14.6. The average molecular weight is 302 g/mol. The van der Waals surface area contributed by atoms with Crippen molar-refractivity contribution in [3.63, 3.8) is 0 Å². The molecule has 2 heteroatoms. The van der Waals surface area contributed by atoms with Gasteiger partial charge in [-0.25, -0.2) is 0 Å². The SMILES string of the molecule is CC1=C2CC/C(C)=C/CC[C@@H](C)C(=O)CC/C(C)=C/[C@@H]2OC1. The van der Waals surface area contributed by atoms with E-state index in [-0.39, 0.29) is 12.0 Å². The number of carbonyl (C=O) groups excluding carboxylic acids is 1. The van der Waals surface area contributed by atoms with Gasteiger partial charge in [0.05, 0.1) is 12.7 Å². The Morgan fingerprint density at radius 1 is 1.05 bits per heavy atom. The molecule has 0 fully saturated rings. The van der Waals surface area contributed by atoms with Gasteiger partial charge in [-0.15, -0.1) is 0 Å². The van der Waals surface area contributed by atoms with E-state index in [4.69, 9.17) is 4.74 Å². The molecule has 22 heavy (non-hydrogen) atoms. The zero-order valence-corrected chi connectivity index (χ0v) is 14.6. The lowest BCUT2D eigenvalue weighted by Crippen LogP contribution is -2.12. The van der Waals surface area contributed by atoms with E-state index in [9.17, 15) is 4.79 Å². The highest BCUT2D eigenvalue weighted by Gasteiger charge is 2.22. The molecule has 0 bridgehead atoms. The fourth-order valence-corrected chi connectivity index (χ4v) is 3.24. The van der Waals surface area contributed by atoms with Gasteiger partial charge in [0.1, 0.15) is 5.78 Å². The van der Waals surface area contributed by atoms with E-state index in [1.165, 1.54) is 22.3 Å². The summed E-state index contributed by atoms with van der Waals surface area (Å²) in [6.45, 7) is 9.35. The van der Waals surface area contributed by atoms with Crippen molar-refractivity contribution in [3.8, 4) is 0 Å². The molecule has 0 saturated heterocycles. The summed E-state index contributed by atoms with van der Waals surface area (Å²) in [6, 6.07) is 0. The molecule has 0 aromatic heterocycles. The van der Waals surface area contributed by atoms with Crippen molar-refractivity contribution >= 4 is 5.78 Å². The van der Waals surface area contributed by atoms with Crippen LogP contribution in [0.5, 0.6) is 0 Å². The predicted octanol–water partition coefficient (Wildman–Crippen LogP) is 5.15. The molecule has 2 nitrogen and oxygen atoms in total. The fourth-order valence-electron chi connectivity index (χ4n) is 3.24. The average Bonchev–Trinajstić information content (AvgIpc) is 2.82. The molecule has 2 rings (SSSR count). The second kappa shape index (κ2) is 7.92. The Hall–Kier alpha value is -1.15. The third-order valence-electron chi connectivity index (χ3n) is 5.00. The van der Waals surface area contributed by atoms with Crippen LogP contribution in [0.1, 0.15) is 66.2 Å². The van der Waals surface area contributed by atoms with E-state index < -0.39 is 0 Å². The molecular weight excluding hydrogens is 272 g/mol. The number of hydrogen-bond donors (Lipinski definition) is 0. The summed E-state index contributed by atoms with van der Waals surface area (Å²) < 4.78 is 5.93. The van der Waals surface area contributed by atoms with E-state index in [0.29, 0.717) is 12.2 Å². The number of carbonyl (C=O) groups is 1. The minimum Gasteiger partial charge on any atom is -0.365 e. The largest absolute Gasteiger partial charge is 0.365 e. The molecule has 1 aliphatic heterocycles. The van der Waals surface area contributed by atoms with Crippen molar-refractivity contribution < 1.29 is 9.53 Å². The fraction of sp³-hybridized carbons (Fsp3) is 0.650. The number of ether oxygens (including phenoxy) is 1. The lowest BCUT2D eigenvalue weighted by molar-refractivity contribution is -0.122. The molecule has 0 amide bonds. The lowest BCUT2D eigenvalue weighted by atomic mass is 9.92. The first kappa shape index (κ1) is 17.2. The van der Waals surface area contributed by atoms with E-state index >= 15 is 0 Å². The van der Waals surface area contributed by atoms with Crippen LogP contribution in [0.3, 0.4) is 0 Å². The van der Waals surface area contributed by atoms with Gasteiger partial charge in [0.25, 0.3) is 0 Å². The summed E-state index contributed by atoms with van der Waals surface area (Å²) in [5.41, 5.74) is 5.55. The minimum absolute atomic E-state index is 0.128. The summed E-state index contributed by atoms with van der Waals surface area (Å²) in [6.07, 6.45) is 10.4. The summed E-state index contributed by atoms with van der Waals surface area (Å²) in [4.78, 5) is 12.2. The van der Waals surface area contributed by atoms with Gasteiger partial charge in [0.15, 0.2) is 0 Å². The van der Waals surface area contributed by atoms with Crippen LogP contribution < -0.4 is 0 Å². The number of ketones is 1. The topological polar surface area (TPSA) is 26.3 Å². The Kier molecular flexibility index (Phi) is 6.19. The molecule has 0 spiro atoms. The molecule has 1 aliphatic carbocycles. The molecule has 2 atom stereocenters. The minimum atomic E-state index is 0.128. The Bertz CT molecular complexity index is 508. The second-order valence-electron chi connectivity index (χ2n) is 7.05. The van der Waals surface area contributed by atoms with Crippen molar-refractivity contribution in [2.45, 2.75) is 72.3 Å². The van der Waals surface area contributed by atoms with Gasteiger partial charge in [0.2, 0.25) is 0 Å². The van der Waals surface area contributed by atoms with E-state index in [2.05, 4.69) is 39.8 Å². The van der Waals surface area contributed by atoms with Gasteiger partial charge in [-0.1, -0.05) is 30.2 Å². The summed E-state index contributed by atoms with van der Waals surface area (Å²) >= 11 is 0. The highest BCUT2D eigenvalue weighted by Crippen LogP contribution is 2.29. The molecule has 0 aromatic rings. The van der Waals surface area contributed by atoms with Crippen LogP contribution in [0, 0.1) is 5.92 Å². The van der Waals surface area contributed by atoms with Gasteiger partial charge >= 0.3 is 0 Å². The van der Waals surface area contributed by atoms with Crippen molar-refractivity contribution in [3.05, 3.63) is 34.4 Å².